The minimum Gasteiger partial charge on any atom is -0.328 e. The fraction of sp³-hybridized carbons (Fsp3) is 0.571. The van der Waals surface area contributed by atoms with Crippen molar-refractivity contribution in [2.45, 2.75) is 45.1 Å². The first-order chi connectivity index (χ1) is 7.65. The lowest BCUT2D eigenvalue weighted by molar-refractivity contribution is 0.325. The van der Waals surface area contributed by atoms with Crippen LogP contribution in [-0.4, -0.2) is 6.04 Å². The Kier molecular flexibility index (Phi) is 3.59. The molecule has 0 aromatic heterocycles. The lowest BCUT2D eigenvalue weighted by Crippen LogP contribution is -2.27. The van der Waals surface area contributed by atoms with E-state index in [1.54, 1.807) is 6.07 Å². The summed E-state index contributed by atoms with van der Waals surface area (Å²) >= 11 is 0. The largest absolute Gasteiger partial charge is 0.328 e. The van der Waals surface area contributed by atoms with Crippen LogP contribution in [0.2, 0.25) is 0 Å². The second kappa shape index (κ2) is 4.96. The van der Waals surface area contributed by atoms with Crippen molar-refractivity contribution in [1.82, 2.24) is 0 Å². The summed E-state index contributed by atoms with van der Waals surface area (Å²) in [6.45, 7) is 1.83. The van der Waals surface area contributed by atoms with Crippen molar-refractivity contribution in [3.05, 3.63) is 35.1 Å². The van der Waals surface area contributed by atoms with Crippen LogP contribution in [0.5, 0.6) is 0 Å². The molecule has 1 aromatic rings. The molecule has 2 heteroatoms. The summed E-state index contributed by atoms with van der Waals surface area (Å²) in [6, 6.07) is 5.88. The van der Waals surface area contributed by atoms with E-state index >= 15 is 0 Å². The lowest BCUT2D eigenvalue weighted by atomic mass is 9.82. The molecule has 2 N–H and O–H groups in total. The van der Waals surface area contributed by atoms with E-state index in [4.69, 9.17) is 5.73 Å². The highest BCUT2D eigenvalue weighted by atomic mass is 19.1. The highest BCUT2D eigenvalue weighted by molar-refractivity contribution is 5.24. The Morgan fingerprint density at radius 1 is 1.25 bits per heavy atom. The van der Waals surface area contributed by atoms with Gasteiger partial charge in [-0.1, -0.05) is 12.1 Å². The first-order valence-electron chi connectivity index (χ1n) is 6.16. The molecule has 0 aliphatic heterocycles. The molecule has 2 rings (SSSR count). The van der Waals surface area contributed by atoms with Gasteiger partial charge >= 0.3 is 0 Å². The van der Waals surface area contributed by atoms with Gasteiger partial charge in [0.15, 0.2) is 0 Å². The van der Waals surface area contributed by atoms with Gasteiger partial charge in [0.25, 0.3) is 0 Å². The van der Waals surface area contributed by atoms with Crippen LogP contribution >= 0.6 is 0 Å². The monoisotopic (exact) mass is 221 g/mol. The zero-order valence-electron chi connectivity index (χ0n) is 9.88. The van der Waals surface area contributed by atoms with Crippen LogP contribution in [-0.2, 0) is 6.42 Å². The quantitative estimate of drug-likeness (QED) is 0.815. The molecule has 1 fully saturated rings. The molecule has 0 saturated heterocycles. The van der Waals surface area contributed by atoms with Crippen LogP contribution < -0.4 is 5.73 Å². The van der Waals surface area contributed by atoms with Crippen molar-refractivity contribution < 1.29 is 4.39 Å². The van der Waals surface area contributed by atoms with Crippen molar-refractivity contribution in [3.63, 3.8) is 0 Å². The second-order valence-corrected chi connectivity index (χ2v) is 5.07. The molecule has 1 aliphatic carbocycles. The molecule has 1 saturated carbocycles. The maximum Gasteiger partial charge on any atom is 0.126 e. The van der Waals surface area contributed by atoms with Crippen molar-refractivity contribution in [2.24, 2.45) is 11.7 Å². The fourth-order valence-electron chi connectivity index (χ4n) is 2.56. The third-order valence-corrected chi connectivity index (χ3v) is 3.64. The summed E-state index contributed by atoms with van der Waals surface area (Å²) in [5, 5.41) is 0. The van der Waals surface area contributed by atoms with Gasteiger partial charge in [-0.25, -0.2) is 4.39 Å². The zero-order valence-corrected chi connectivity index (χ0v) is 9.88. The van der Waals surface area contributed by atoms with Crippen LogP contribution in [0, 0.1) is 18.7 Å². The average Bonchev–Trinajstić information content (AvgIpc) is 2.27. The maximum absolute atomic E-state index is 13.1. The summed E-state index contributed by atoms with van der Waals surface area (Å²) in [7, 11) is 0. The predicted octanol–water partition coefficient (Wildman–Crippen LogP) is 3.19. The molecular weight excluding hydrogens is 201 g/mol. The number of benzene rings is 1. The zero-order chi connectivity index (χ0) is 11.5. The molecule has 1 aromatic carbocycles. The van der Waals surface area contributed by atoms with E-state index < -0.39 is 0 Å². The Bertz CT molecular complexity index is 354. The van der Waals surface area contributed by atoms with E-state index in [1.807, 2.05) is 19.1 Å². The first-order valence-corrected chi connectivity index (χ1v) is 6.16. The molecule has 0 radical (unpaired) electrons. The number of halogens is 1. The van der Waals surface area contributed by atoms with Gasteiger partial charge in [0.1, 0.15) is 5.82 Å². The average molecular weight is 221 g/mol. The third-order valence-electron chi connectivity index (χ3n) is 3.64. The van der Waals surface area contributed by atoms with Gasteiger partial charge in [0, 0.05) is 6.04 Å². The van der Waals surface area contributed by atoms with Crippen LogP contribution in [0.1, 0.15) is 36.8 Å². The van der Waals surface area contributed by atoms with Gasteiger partial charge in [0.2, 0.25) is 0 Å². The number of rotatable bonds is 2. The Morgan fingerprint density at radius 3 is 2.56 bits per heavy atom. The molecule has 1 nitrogen and oxygen atoms in total. The van der Waals surface area contributed by atoms with Crippen LogP contribution in [0.25, 0.3) is 0 Å². The number of hydrogen-bond acceptors (Lipinski definition) is 1. The molecule has 16 heavy (non-hydrogen) atoms. The SMILES string of the molecule is Cc1cc(CC2CCC(N)CC2)ccc1F. The molecule has 0 spiro atoms. The van der Waals surface area contributed by atoms with Gasteiger partial charge in [-0.2, -0.15) is 0 Å². The highest BCUT2D eigenvalue weighted by Crippen LogP contribution is 2.26. The first kappa shape index (κ1) is 11.6. The van der Waals surface area contributed by atoms with E-state index in [2.05, 4.69) is 0 Å². The summed E-state index contributed by atoms with van der Waals surface area (Å²) in [6.07, 6.45) is 5.80. The van der Waals surface area contributed by atoms with E-state index in [9.17, 15) is 4.39 Å². The molecular formula is C14H20FN. The van der Waals surface area contributed by atoms with Gasteiger partial charge in [-0.3, -0.25) is 0 Å². The summed E-state index contributed by atoms with van der Waals surface area (Å²) in [5.41, 5.74) is 7.90. The van der Waals surface area contributed by atoms with E-state index in [0.29, 0.717) is 6.04 Å². The summed E-state index contributed by atoms with van der Waals surface area (Å²) in [4.78, 5) is 0. The molecule has 0 unspecified atom stereocenters. The fourth-order valence-corrected chi connectivity index (χ4v) is 2.56. The van der Waals surface area contributed by atoms with E-state index in [0.717, 1.165) is 30.7 Å². The van der Waals surface area contributed by atoms with Crippen LogP contribution in [0.4, 0.5) is 4.39 Å². The lowest BCUT2D eigenvalue weighted by Gasteiger charge is -2.26. The number of hydrogen-bond donors (Lipinski definition) is 1. The topological polar surface area (TPSA) is 26.0 Å². The maximum atomic E-state index is 13.1. The normalized spacial score (nSPS) is 25.7. The van der Waals surface area contributed by atoms with Crippen LogP contribution in [0.3, 0.4) is 0 Å². The third kappa shape index (κ3) is 2.82. The van der Waals surface area contributed by atoms with E-state index in [1.165, 1.54) is 18.4 Å². The number of aryl methyl sites for hydroxylation is 1. The summed E-state index contributed by atoms with van der Waals surface area (Å²) in [5.74, 6) is 0.638. The number of nitrogens with two attached hydrogens (primary N) is 1. The smallest absolute Gasteiger partial charge is 0.126 e. The molecule has 1 aliphatic rings. The Balaban J connectivity index is 1.96. The minimum atomic E-state index is -0.102. The summed E-state index contributed by atoms with van der Waals surface area (Å²) < 4.78 is 13.1. The Hall–Kier alpha value is -0.890. The highest BCUT2D eigenvalue weighted by Gasteiger charge is 2.18. The van der Waals surface area contributed by atoms with Crippen molar-refractivity contribution in [1.29, 1.82) is 0 Å². The van der Waals surface area contributed by atoms with Gasteiger partial charge in [0.05, 0.1) is 0 Å². The molecule has 0 atom stereocenters. The Morgan fingerprint density at radius 2 is 1.94 bits per heavy atom. The molecule has 0 bridgehead atoms. The predicted molar refractivity (Wildman–Crippen MR) is 64.8 cm³/mol. The minimum absolute atomic E-state index is 0.102. The Labute approximate surface area is 96.9 Å². The van der Waals surface area contributed by atoms with Gasteiger partial charge in [-0.15, -0.1) is 0 Å². The molecule has 0 amide bonds. The molecule has 88 valence electrons. The van der Waals surface area contributed by atoms with Crippen LogP contribution in [0.15, 0.2) is 18.2 Å². The van der Waals surface area contributed by atoms with Crippen molar-refractivity contribution >= 4 is 0 Å². The van der Waals surface area contributed by atoms with E-state index in [-0.39, 0.29) is 5.82 Å². The van der Waals surface area contributed by atoms with Crippen molar-refractivity contribution in [2.75, 3.05) is 0 Å². The van der Waals surface area contributed by atoms with Gasteiger partial charge in [-0.05, 0) is 62.1 Å². The second-order valence-electron chi connectivity index (χ2n) is 5.07. The van der Waals surface area contributed by atoms with Gasteiger partial charge < -0.3 is 5.73 Å². The van der Waals surface area contributed by atoms with Crippen molar-refractivity contribution in [3.8, 4) is 0 Å². The molecule has 0 heterocycles. The standard InChI is InChI=1S/C14H20FN/c1-10-8-12(4-7-14(10)15)9-11-2-5-13(16)6-3-11/h4,7-8,11,13H,2-3,5-6,9,16H2,1H3.